The van der Waals surface area contributed by atoms with Crippen LogP contribution in [0.15, 0.2) is 0 Å². The van der Waals surface area contributed by atoms with Crippen molar-refractivity contribution in [2.75, 3.05) is 0 Å². The zero-order valence-corrected chi connectivity index (χ0v) is 13.1. The van der Waals surface area contributed by atoms with Gasteiger partial charge in [0.05, 0.1) is 0 Å². The molecule has 0 amide bonds. The molecular formula is C16H38. The Kier molecular flexibility index (Phi) is 8.88. The smallest absolute Gasteiger partial charge is 0.0334 e. The SMILES string of the molecule is C.CC(C)(C)C(C)(C)C.CC(C)C(C)(C)C. The van der Waals surface area contributed by atoms with E-state index in [0.717, 1.165) is 5.92 Å². The van der Waals surface area contributed by atoms with Gasteiger partial charge in [-0.2, -0.15) is 0 Å². The van der Waals surface area contributed by atoms with Crippen LogP contribution in [0.2, 0.25) is 0 Å². The van der Waals surface area contributed by atoms with E-state index in [2.05, 4.69) is 76.2 Å². The zero-order valence-electron chi connectivity index (χ0n) is 13.1. The molecule has 0 atom stereocenters. The van der Waals surface area contributed by atoms with Gasteiger partial charge >= 0.3 is 0 Å². The van der Waals surface area contributed by atoms with E-state index < -0.39 is 0 Å². The summed E-state index contributed by atoms with van der Waals surface area (Å²) in [6.45, 7) is 24.9. The maximum absolute atomic E-state index is 2.27. The quantitative estimate of drug-likeness (QED) is 0.451. The van der Waals surface area contributed by atoms with Crippen molar-refractivity contribution >= 4 is 0 Å². The minimum absolute atomic E-state index is 0. The first-order valence-electron chi connectivity index (χ1n) is 6.19. The lowest BCUT2D eigenvalue weighted by atomic mass is 9.71. The molecule has 0 rings (SSSR count). The topological polar surface area (TPSA) is 0 Å². The van der Waals surface area contributed by atoms with Gasteiger partial charge < -0.3 is 0 Å². The fraction of sp³-hybridized carbons (Fsp3) is 1.00. The Morgan fingerprint density at radius 2 is 0.688 bits per heavy atom. The molecule has 0 spiro atoms. The first-order chi connectivity index (χ1) is 6.19. The standard InChI is InChI=1S/C8H18.C7H16.CH4/c1-7(2,3)8(4,5)6;1-6(2)7(3,4)5;/h1-6H3;6H,1-5H3;1H4. The van der Waals surface area contributed by atoms with E-state index in [1.807, 2.05) is 0 Å². The van der Waals surface area contributed by atoms with Crippen LogP contribution in [-0.4, -0.2) is 0 Å². The largest absolute Gasteiger partial charge is 0.0776 e. The maximum Gasteiger partial charge on any atom is -0.0334 e. The van der Waals surface area contributed by atoms with Crippen LogP contribution in [0.5, 0.6) is 0 Å². The lowest BCUT2D eigenvalue weighted by Crippen LogP contribution is -2.25. The first kappa shape index (κ1) is 21.3. The monoisotopic (exact) mass is 230 g/mol. The van der Waals surface area contributed by atoms with E-state index in [0.29, 0.717) is 16.2 Å². The molecule has 0 nitrogen and oxygen atoms in total. The van der Waals surface area contributed by atoms with Gasteiger partial charge in [0.1, 0.15) is 0 Å². The molecular weight excluding hydrogens is 192 g/mol. The van der Waals surface area contributed by atoms with Gasteiger partial charge in [0.25, 0.3) is 0 Å². The molecule has 0 unspecified atom stereocenters. The summed E-state index contributed by atoms with van der Waals surface area (Å²) in [6.07, 6.45) is 0. The van der Waals surface area contributed by atoms with E-state index in [1.54, 1.807) is 0 Å². The molecule has 0 aliphatic carbocycles. The van der Waals surface area contributed by atoms with E-state index in [1.165, 1.54) is 0 Å². The molecule has 0 heterocycles. The molecule has 0 heteroatoms. The van der Waals surface area contributed by atoms with Gasteiger partial charge in [0.15, 0.2) is 0 Å². The molecule has 0 fully saturated rings. The van der Waals surface area contributed by atoms with Gasteiger partial charge in [-0.3, -0.25) is 0 Å². The average Bonchev–Trinajstić information content (AvgIpc) is 1.80. The van der Waals surface area contributed by atoms with E-state index in [4.69, 9.17) is 0 Å². The lowest BCUT2D eigenvalue weighted by molar-refractivity contribution is 0.157. The summed E-state index contributed by atoms with van der Waals surface area (Å²) >= 11 is 0. The van der Waals surface area contributed by atoms with Gasteiger partial charge in [-0.1, -0.05) is 83.6 Å². The Morgan fingerprint density at radius 1 is 0.562 bits per heavy atom. The van der Waals surface area contributed by atoms with Gasteiger partial charge in [-0.05, 0) is 22.2 Å². The summed E-state index contributed by atoms with van der Waals surface area (Å²) in [6, 6.07) is 0. The van der Waals surface area contributed by atoms with Crippen molar-refractivity contribution in [1.29, 1.82) is 0 Å². The Morgan fingerprint density at radius 3 is 0.688 bits per heavy atom. The summed E-state index contributed by atoms with van der Waals surface area (Å²) in [5.74, 6) is 0.799. The second kappa shape index (κ2) is 6.67. The van der Waals surface area contributed by atoms with Gasteiger partial charge in [0, 0.05) is 0 Å². The normalized spacial score (nSPS) is 12.8. The van der Waals surface area contributed by atoms with Crippen molar-refractivity contribution in [3.63, 3.8) is 0 Å². The highest BCUT2D eigenvalue weighted by molar-refractivity contribution is 4.77. The van der Waals surface area contributed by atoms with Crippen LogP contribution < -0.4 is 0 Å². The highest BCUT2D eigenvalue weighted by Crippen LogP contribution is 2.36. The Bertz CT molecular complexity index is 142. The van der Waals surface area contributed by atoms with Crippen molar-refractivity contribution in [2.45, 2.75) is 83.6 Å². The van der Waals surface area contributed by atoms with Crippen LogP contribution in [0.25, 0.3) is 0 Å². The third kappa shape index (κ3) is 10.5. The summed E-state index contributed by atoms with van der Waals surface area (Å²) in [7, 11) is 0. The second-order valence-corrected chi connectivity index (χ2v) is 8.02. The predicted octanol–water partition coefficient (Wildman–Crippen LogP) is 6.40. The molecule has 0 saturated heterocycles. The van der Waals surface area contributed by atoms with Crippen LogP contribution in [0.4, 0.5) is 0 Å². The van der Waals surface area contributed by atoms with Crippen LogP contribution in [0.1, 0.15) is 83.6 Å². The third-order valence-electron chi connectivity index (χ3n) is 3.98. The molecule has 0 radical (unpaired) electrons. The van der Waals surface area contributed by atoms with Crippen molar-refractivity contribution in [1.82, 2.24) is 0 Å². The molecule has 0 aromatic carbocycles. The Labute approximate surface area is 106 Å². The van der Waals surface area contributed by atoms with E-state index in [9.17, 15) is 0 Å². The van der Waals surface area contributed by atoms with Crippen LogP contribution in [0.3, 0.4) is 0 Å². The summed E-state index contributed by atoms with van der Waals surface area (Å²) < 4.78 is 0. The summed E-state index contributed by atoms with van der Waals surface area (Å²) in [5, 5.41) is 0. The minimum Gasteiger partial charge on any atom is -0.0776 e. The maximum atomic E-state index is 2.27. The molecule has 0 aromatic heterocycles. The highest BCUT2D eigenvalue weighted by Gasteiger charge is 2.26. The van der Waals surface area contributed by atoms with Crippen LogP contribution in [-0.2, 0) is 0 Å². The molecule has 16 heavy (non-hydrogen) atoms. The first-order valence-corrected chi connectivity index (χ1v) is 6.19. The molecule has 0 aromatic rings. The second-order valence-electron chi connectivity index (χ2n) is 8.02. The molecule has 0 aliphatic heterocycles. The van der Waals surface area contributed by atoms with Crippen molar-refractivity contribution in [3.05, 3.63) is 0 Å². The molecule has 0 N–H and O–H groups in total. The average molecular weight is 230 g/mol. The summed E-state index contributed by atoms with van der Waals surface area (Å²) in [5.41, 5.74) is 1.38. The Balaban J connectivity index is -0.000000200. The highest BCUT2D eigenvalue weighted by atomic mass is 14.3. The fourth-order valence-corrected chi connectivity index (χ4v) is 0. The van der Waals surface area contributed by atoms with Gasteiger partial charge in [-0.25, -0.2) is 0 Å². The molecule has 102 valence electrons. The molecule has 0 saturated carbocycles. The van der Waals surface area contributed by atoms with Gasteiger partial charge in [0.2, 0.25) is 0 Å². The van der Waals surface area contributed by atoms with Crippen molar-refractivity contribution in [3.8, 4) is 0 Å². The van der Waals surface area contributed by atoms with Crippen molar-refractivity contribution in [2.24, 2.45) is 22.2 Å². The molecule has 0 aliphatic rings. The lowest BCUT2D eigenvalue weighted by Gasteiger charge is -2.34. The zero-order chi connectivity index (χ0) is 13.1. The van der Waals surface area contributed by atoms with E-state index >= 15 is 0 Å². The molecule has 0 bridgehead atoms. The number of rotatable bonds is 0. The summed E-state index contributed by atoms with van der Waals surface area (Å²) in [4.78, 5) is 0. The minimum atomic E-state index is 0. The van der Waals surface area contributed by atoms with Crippen LogP contribution in [0, 0.1) is 22.2 Å². The van der Waals surface area contributed by atoms with Crippen molar-refractivity contribution < 1.29 is 0 Å². The van der Waals surface area contributed by atoms with Gasteiger partial charge in [-0.15, -0.1) is 0 Å². The number of hydrogen-bond acceptors (Lipinski definition) is 0. The predicted molar refractivity (Wildman–Crippen MR) is 79.9 cm³/mol. The van der Waals surface area contributed by atoms with Crippen LogP contribution >= 0.6 is 0 Å². The van der Waals surface area contributed by atoms with E-state index in [-0.39, 0.29) is 7.43 Å². The Hall–Kier alpha value is 0. The fourth-order valence-electron chi connectivity index (χ4n) is 0. The number of hydrogen-bond donors (Lipinski definition) is 0. The third-order valence-corrected chi connectivity index (χ3v) is 3.98.